The number of fused-ring (bicyclic) bond motifs is 1. The van der Waals surface area contributed by atoms with Crippen LogP contribution in [0.1, 0.15) is 83.6 Å². The number of nitrogens with one attached hydrogen (secondary N) is 2. The van der Waals surface area contributed by atoms with E-state index in [0.717, 1.165) is 56.9 Å². The molecule has 4 fully saturated rings. The van der Waals surface area contributed by atoms with Crippen molar-refractivity contribution >= 4 is 23.4 Å². The van der Waals surface area contributed by atoms with E-state index in [1.807, 2.05) is 48.2 Å². The Hall–Kier alpha value is -2.67. The SMILES string of the molecule is Cc1cccc(NC(=O)[C@@H]2[C@@H]3C=C[C@]4(O3)[C@@H]2C(=O)N(C2CCCCCCC2)[C@H]4C(=O)N[C@@H]2CCC[C@@H](C)[C@H]2C)c1. The fourth-order valence-electron chi connectivity index (χ4n) is 8.31. The highest BCUT2D eigenvalue weighted by atomic mass is 16.5. The van der Waals surface area contributed by atoms with E-state index in [9.17, 15) is 14.4 Å². The molecule has 3 heterocycles. The summed E-state index contributed by atoms with van der Waals surface area (Å²) in [6, 6.07) is 7.01. The van der Waals surface area contributed by atoms with E-state index in [1.54, 1.807) is 0 Å². The zero-order valence-electron chi connectivity index (χ0n) is 24.2. The van der Waals surface area contributed by atoms with Gasteiger partial charge in [0.15, 0.2) is 0 Å². The van der Waals surface area contributed by atoms with Crippen molar-refractivity contribution in [3.8, 4) is 0 Å². The molecule has 8 atom stereocenters. The van der Waals surface area contributed by atoms with Crippen LogP contribution in [-0.2, 0) is 19.1 Å². The molecule has 2 aliphatic carbocycles. The van der Waals surface area contributed by atoms with Gasteiger partial charge in [-0.2, -0.15) is 0 Å². The summed E-state index contributed by atoms with van der Waals surface area (Å²) in [6.45, 7) is 6.48. The number of ether oxygens (including phenoxy) is 1. The molecule has 1 aromatic rings. The number of rotatable bonds is 5. The van der Waals surface area contributed by atoms with Crippen molar-refractivity contribution in [3.05, 3.63) is 42.0 Å². The molecule has 6 rings (SSSR count). The Kier molecular flexibility index (Phi) is 7.53. The lowest BCUT2D eigenvalue weighted by molar-refractivity contribution is -0.144. The van der Waals surface area contributed by atoms with Crippen LogP contribution < -0.4 is 10.6 Å². The average molecular weight is 548 g/mol. The van der Waals surface area contributed by atoms with Gasteiger partial charge in [-0.1, -0.05) is 83.1 Å². The first-order valence-electron chi connectivity index (χ1n) is 15.7. The predicted octanol–water partition coefficient (Wildman–Crippen LogP) is 5.14. The fourth-order valence-corrected chi connectivity index (χ4v) is 8.31. The number of hydrogen-bond donors (Lipinski definition) is 2. The second kappa shape index (κ2) is 11.0. The largest absolute Gasteiger partial charge is 0.359 e. The third-order valence-corrected chi connectivity index (χ3v) is 10.7. The van der Waals surface area contributed by atoms with E-state index in [1.165, 1.54) is 12.8 Å². The average Bonchev–Trinajstić information content (AvgIpc) is 3.54. The molecule has 3 aliphatic heterocycles. The molecule has 7 heteroatoms. The lowest BCUT2D eigenvalue weighted by Crippen LogP contribution is -2.59. The maximum atomic E-state index is 14.5. The number of hydrogen-bond acceptors (Lipinski definition) is 4. The standard InChI is InChI=1S/C33H45N3O4/c1-20-11-9-13-23(19-20)34-30(37)27-26-17-18-33(40-26)28(27)32(39)36(24-14-7-5-4-6-8-15-24)29(33)31(38)35-25-16-10-12-21(2)22(25)3/h9,11,13,17-19,21-22,24-29H,4-8,10,12,14-16H2,1-3H3,(H,34,37)(H,35,38)/t21-,22-,25-,26+,27-,28+,29+,33+/m1/s1. The summed E-state index contributed by atoms with van der Waals surface area (Å²) in [7, 11) is 0. The first kappa shape index (κ1) is 27.5. The second-order valence-corrected chi connectivity index (χ2v) is 13.2. The Morgan fingerprint density at radius 2 is 1.73 bits per heavy atom. The minimum Gasteiger partial charge on any atom is -0.359 e. The molecule has 7 nitrogen and oxygen atoms in total. The first-order chi connectivity index (χ1) is 19.3. The molecule has 2 saturated heterocycles. The Labute approximate surface area is 238 Å². The molecular weight excluding hydrogens is 502 g/mol. The summed E-state index contributed by atoms with van der Waals surface area (Å²) in [4.78, 5) is 44.4. The Morgan fingerprint density at radius 3 is 2.48 bits per heavy atom. The van der Waals surface area contributed by atoms with Crippen molar-refractivity contribution < 1.29 is 19.1 Å². The minimum atomic E-state index is -1.10. The second-order valence-electron chi connectivity index (χ2n) is 13.2. The van der Waals surface area contributed by atoms with Gasteiger partial charge >= 0.3 is 0 Å². The van der Waals surface area contributed by atoms with Gasteiger partial charge in [0.1, 0.15) is 11.6 Å². The van der Waals surface area contributed by atoms with Crippen LogP contribution in [0, 0.1) is 30.6 Å². The van der Waals surface area contributed by atoms with E-state index in [0.29, 0.717) is 17.5 Å². The summed E-state index contributed by atoms with van der Waals surface area (Å²) < 4.78 is 6.60. The zero-order valence-corrected chi connectivity index (χ0v) is 24.2. The number of amides is 3. The maximum Gasteiger partial charge on any atom is 0.246 e. The van der Waals surface area contributed by atoms with Crippen LogP contribution in [0.2, 0.25) is 0 Å². The summed E-state index contributed by atoms with van der Waals surface area (Å²) in [5.74, 6) is -0.863. The molecule has 5 aliphatic rings. The van der Waals surface area contributed by atoms with E-state index >= 15 is 0 Å². The van der Waals surface area contributed by atoms with Gasteiger partial charge < -0.3 is 20.3 Å². The summed E-state index contributed by atoms with van der Waals surface area (Å²) in [6.07, 6.45) is 14.0. The quantitative estimate of drug-likeness (QED) is 0.500. The Balaban J connectivity index is 1.33. The number of likely N-dealkylation sites (tertiary alicyclic amines) is 1. The highest BCUT2D eigenvalue weighted by Gasteiger charge is 2.73. The highest BCUT2D eigenvalue weighted by molar-refractivity contribution is 6.03. The molecule has 2 N–H and O–H groups in total. The maximum absolute atomic E-state index is 14.5. The number of nitrogens with zero attached hydrogens (tertiary/aromatic N) is 1. The van der Waals surface area contributed by atoms with Crippen molar-refractivity contribution in [1.29, 1.82) is 0 Å². The lowest BCUT2D eigenvalue weighted by Gasteiger charge is -2.40. The number of aryl methyl sites for hydroxylation is 1. The van der Waals surface area contributed by atoms with Crippen LogP contribution in [-0.4, -0.2) is 52.5 Å². The van der Waals surface area contributed by atoms with Crippen LogP contribution in [0.25, 0.3) is 0 Å². The number of benzene rings is 1. The van der Waals surface area contributed by atoms with Crippen molar-refractivity contribution in [3.63, 3.8) is 0 Å². The minimum absolute atomic E-state index is 0.0113. The molecule has 2 saturated carbocycles. The van der Waals surface area contributed by atoms with Crippen LogP contribution in [0.3, 0.4) is 0 Å². The van der Waals surface area contributed by atoms with E-state index in [-0.39, 0.29) is 29.8 Å². The topological polar surface area (TPSA) is 87.7 Å². The molecule has 0 radical (unpaired) electrons. The van der Waals surface area contributed by atoms with E-state index in [4.69, 9.17) is 4.74 Å². The van der Waals surface area contributed by atoms with Crippen LogP contribution >= 0.6 is 0 Å². The van der Waals surface area contributed by atoms with Gasteiger partial charge in [0.05, 0.1) is 17.9 Å². The van der Waals surface area contributed by atoms with Gasteiger partial charge in [-0.05, 0) is 55.7 Å². The molecule has 40 heavy (non-hydrogen) atoms. The number of carbonyl (C=O) groups excluding carboxylic acids is 3. The molecule has 2 bridgehead atoms. The third-order valence-electron chi connectivity index (χ3n) is 10.7. The molecule has 216 valence electrons. The van der Waals surface area contributed by atoms with Crippen LogP contribution in [0.5, 0.6) is 0 Å². The summed E-state index contributed by atoms with van der Waals surface area (Å²) in [5.41, 5.74) is 0.656. The Morgan fingerprint density at radius 1 is 0.975 bits per heavy atom. The number of carbonyl (C=O) groups is 3. The summed E-state index contributed by atoms with van der Waals surface area (Å²) in [5, 5.41) is 6.44. The van der Waals surface area contributed by atoms with Crippen molar-refractivity contribution in [1.82, 2.24) is 10.2 Å². The molecule has 0 aromatic heterocycles. The Bertz CT molecular complexity index is 1170. The first-order valence-corrected chi connectivity index (χ1v) is 15.7. The van der Waals surface area contributed by atoms with Gasteiger partial charge in [-0.25, -0.2) is 0 Å². The van der Waals surface area contributed by atoms with Gasteiger partial charge in [-0.3, -0.25) is 14.4 Å². The summed E-state index contributed by atoms with van der Waals surface area (Å²) >= 11 is 0. The smallest absolute Gasteiger partial charge is 0.246 e. The van der Waals surface area contributed by atoms with Crippen molar-refractivity contribution in [2.75, 3.05) is 5.32 Å². The predicted molar refractivity (Wildman–Crippen MR) is 154 cm³/mol. The molecule has 1 aromatic carbocycles. The van der Waals surface area contributed by atoms with Gasteiger partial charge in [0.25, 0.3) is 0 Å². The molecule has 3 amide bonds. The fraction of sp³-hybridized carbons (Fsp3) is 0.667. The van der Waals surface area contributed by atoms with Gasteiger partial charge in [0, 0.05) is 17.8 Å². The van der Waals surface area contributed by atoms with Crippen molar-refractivity contribution in [2.24, 2.45) is 23.7 Å². The van der Waals surface area contributed by atoms with Gasteiger partial charge in [0.2, 0.25) is 17.7 Å². The van der Waals surface area contributed by atoms with E-state index < -0.39 is 29.6 Å². The van der Waals surface area contributed by atoms with E-state index in [2.05, 4.69) is 24.5 Å². The molecular formula is C33H45N3O4. The van der Waals surface area contributed by atoms with Crippen LogP contribution in [0.4, 0.5) is 5.69 Å². The highest BCUT2D eigenvalue weighted by Crippen LogP contribution is 2.56. The monoisotopic (exact) mass is 547 g/mol. The molecule has 0 unspecified atom stereocenters. The van der Waals surface area contributed by atoms with Gasteiger partial charge in [-0.15, -0.1) is 0 Å². The number of anilines is 1. The molecule has 1 spiro atoms. The normalized spacial score (nSPS) is 37.6. The van der Waals surface area contributed by atoms with Crippen molar-refractivity contribution in [2.45, 2.75) is 115 Å². The zero-order chi connectivity index (χ0) is 28.0. The third kappa shape index (κ3) is 4.68. The van der Waals surface area contributed by atoms with Crippen LogP contribution in [0.15, 0.2) is 36.4 Å². The lowest BCUT2D eigenvalue weighted by atomic mass is 9.73.